The maximum atomic E-state index is 5.70. The monoisotopic (exact) mass is 398 g/mol. The largest absolute Gasteiger partial charge is 0.333 e. The van der Waals surface area contributed by atoms with Crippen LogP contribution in [-0.4, -0.2) is 14.2 Å². The molecule has 1 atom stereocenters. The second-order valence-corrected chi connectivity index (χ2v) is 12.8. The summed E-state index contributed by atoms with van der Waals surface area (Å²) in [6.45, 7) is 6.83. The van der Waals surface area contributed by atoms with Crippen LogP contribution in [0.1, 0.15) is 28.1 Å². The van der Waals surface area contributed by atoms with Crippen LogP contribution in [0.3, 0.4) is 0 Å². The van der Waals surface area contributed by atoms with Crippen molar-refractivity contribution in [3.8, 4) is 0 Å². The molecule has 0 heterocycles. The fourth-order valence-corrected chi connectivity index (χ4v) is 5.38. The Kier molecular flexibility index (Phi) is 6.76. The normalized spacial score (nSPS) is 16.1. The van der Waals surface area contributed by atoms with Gasteiger partial charge in [0.15, 0.2) is 0 Å². The molecule has 0 aromatic heterocycles. The van der Waals surface area contributed by atoms with E-state index in [1.807, 2.05) is 6.07 Å². The van der Waals surface area contributed by atoms with Gasteiger partial charge >= 0.3 is 88.7 Å². The maximum absolute atomic E-state index is 5.70. The molecule has 0 amide bonds. The summed E-state index contributed by atoms with van der Waals surface area (Å²) < 4.78 is 0.735. The molecular weight excluding hydrogens is 374 g/mol. The Morgan fingerprint density at radius 1 is 1.00 bits per heavy atom. The number of benzene rings is 2. The van der Waals surface area contributed by atoms with Crippen LogP contribution in [0.4, 0.5) is 0 Å². The number of hydrogen-bond acceptors (Lipinski definition) is 1. The van der Waals surface area contributed by atoms with Crippen LogP contribution in [0.15, 0.2) is 60.2 Å². The molecule has 1 aliphatic carbocycles. The van der Waals surface area contributed by atoms with Gasteiger partial charge in [-0.25, -0.2) is 0 Å². The topological polar surface area (TPSA) is 26.0 Å². The number of fused-ring (bicyclic) bond motifs is 1. The Hall–Kier alpha value is -0.760. The zero-order valence-electron chi connectivity index (χ0n) is 14.3. The van der Waals surface area contributed by atoms with Gasteiger partial charge in [0.1, 0.15) is 0 Å². The van der Waals surface area contributed by atoms with Crippen molar-refractivity contribution in [3.05, 3.63) is 71.3 Å². The number of allylic oxidation sites excluding steroid dienone is 1. The predicted molar refractivity (Wildman–Crippen MR) is 100 cm³/mol. The average Bonchev–Trinajstić information content (AvgIpc) is 2.93. The third-order valence-corrected chi connectivity index (χ3v) is 9.09. The summed E-state index contributed by atoms with van der Waals surface area (Å²) in [4.78, 5) is 0. The number of nitrogens with two attached hydrogens (primary N) is 1. The second kappa shape index (κ2) is 8.37. The van der Waals surface area contributed by atoms with Crippen molar-refractivity contribution in [3.63, 3.8) is 0 Å². The van der Waals surface area contributed by atoms with E-state index in [-0.39, 0.29) is 0 Å². The number of rotatable bonds is 3. The smallest absolute Gasteiger partial charge is 0.0942 e. The Labute approximate surface area is 156 Å². The maximum Gasteiger partial charge on any atom is 0.0942 e. The summed E-state index contributed by atoms with van der Waals surface area (Å²) in [6, 6.07) is 19.3. The van der Waals surface area contributed by atoms with Crippen LogP contribution >= 0.6 is 0 Å². The van der Waals surface area contributed by atoms with Gasteiger partial charge in [0.2, 0.25) is 0 Å². The summed E-state index contributed by atoms with van der Waals surface area (Å²) >= 11 is 1.62. The molecule has 1 unspecified atom stereocenters. The van der Waals surface area contributed by atoms with E-state index < -0.39 is 8.07 Å². The molecule has 0 saturated heterocycles. The van der Waals surface area contributed by atoms with Crippen LogP contribution in [0.2, 0.25) is 13.1 Å². The molecule has 2 aromatic rings. The fraction of sp³-hybridized carbons (Fsp3) is 0.300. The van der Waals surface area contributed by atoms with Crippen molar-refractivity contribution in [2.24, 2.45) is 5.73 Å². The van der Waals surface area contributed by atoms with Gasteiger partial charge in [0, 0.05) is 0 Å². The quantitative estimate of drug-likeness (QED) is 0.770. The van der Waals surface area contributed by atoms with Crippen molar-refractivity contribution in [2.75, 3.05) is 6.17 Å². The van der Waals surface area contributed by atoms with Gasteiger partial charge in [0.05, 0.1) is 8.07 Å². The van der Waals surface area contributed by atoms with E-state index in [1.165, 1.54) is 22.7 Å². The SMILES string of the molecule is CCC1=Cc2ccccc2[CH]1[Zr].C[Si](C)(CN)c1ccccc1. The van der Waals surface area contributed by atoms with Gasteiger partial charge in [-0.2, -0.15) is 0 Å². The Morgan fingerprint density at radius 3 is 2.17 bits per heavy atom. The molecule has 2 aromatic carbocycles. The van der Waals surface area contributed by atoms with Gasteiger partial charge in [-0.15, -0.1) is 0 Å². The minimum Gasteiger partial charge on any atom is -0.333 e. The summed E-state index contributed by atoms with van der Waals surface area (Å²) in [7, 11) is -1.28. The summed E-state index contributed by atoms with van der Waals surface area (Å²) in [5.41, 5.74) is 10.3. The second-order valence-electron chi connectivity index (χ2n) is 6.59. The van der Waals surface area contributed by atoms with Gasteiger partial charge in [0.25, 0.3) is 0 Å². The molecular formula is C20H26NSiZr. The van der Waals surface area contributed by atoms with E-state index in [0.717, 1.165) is 9.79 Å². The minimum absolute atomic E-state index is 0.735. The van der Waals surface area contributed by atoms with Crippen molar-refractivity contribution in [2.45, 2.75) is 30.1 Å². The molecule has 23 heavy (non-hydrogen) atoms. The molecule has 0 aliphatic heterocycles. The first-order chi connectivity index (χ1) is 11.0. The van der Waals surface area contributed by atoms with Crippen molar-refractivity contribution in [1.82, 2.24) is 0 Å². The number of hydrogen-bond donors (Lipinski definition) is 1. The molecule has 1 nitrogen and oxygen atoms in total. The van der Waals surface area contributed by atoms with E-state index >= 15 is 0 Å². The van der Waals surface area contributed by atoms with Crippen molar-refractivity contribution >= 4 is 19.3 Å². The van der Waals surface area contributed by atoms with Gasteiger partial charge in [-0.05, 0) is 6.17 Å². The standard InChI is InChI=1S/C11H11.C9H15NSi.Zr/c1-2-9-7-10-5-3-4-6-11(10)8-9;1-11(2,8-10)9-6-4-3-5-7-9;/h3-8H,2H2,1H3;3-7H,8,10H2,1-2H3;. The van der Waals surface area contributed by atoms with Gasteiger partial charge < -0.3 is 5.73 Å². The van der Waals surface area contributed by atoms with E-state index in [0.29, 0.717) is 0 Å². The molecule has 0 radical (unpaired) electrons. The zero-order chi connectivity index (χ0) is 16.9. The Bertz CT molecular complexity index is 664. The van der Waals surface area contributed by atoms with Crippen LogP contribution < -0.4 is 10.9 Å². The van der Waals surface area contributed by atoms with Crippen LogP contribution in [0.5, 0.6) is 0 Å². The van der Waals surface area contributed by atoms with Gasteiger partial charge in [-0.3, -0.25) is 0 Å². The summed E-state index contributed by atoms with van der Waals surface area (Å²) in [5.74, 6) is 0. The van der Waals surface area contributed by atoms with Crippen LogP contribution in [-0.2, 0) is 24.7 Å². The van der Waals surface area contributed by atoms with Crippen LogP contribution in [0.25, 0.3) is 6.08 Å². The molecule has 0 bridgehead atoms. The fourth-order valence-electron chi connectivity index (χ4n) is 2.70. The Morgan fingerprint density at radius 2 is 1.61 bits per heavy atom. The molecule has 3 heteroatoms. The molecule has 0 fully saturated rings. The third kappa shape index (κ3) is 4.62. The third-order valence-electron chi connectivity index (χ3n) is 4.49. The first-order valence-electron chi connectivity index (χ1n) is 8.25. The molecule has 119 valence electrons. The first-order valence-corrected chi connectivity index (χ1v) is 12.9. The van der Waals surface area contributed by atoms with Gasteiger partial charge in [-0.1, -0.05) is 48.6 Å². The summed E-state index contributed by atoms with van der Waals surface area (Å²) in [6.07, 6.45) is 4.39. The van der Waals surface area contributed by atoms with E-state index in [9.17, 15) is 0 Å². The van der Waals surface area contributed by atoms with Crippen LogP contribution in [0, 0.1) is 0 Å². The van der Waals surface area contributed by atoms with E-state index in [4.69, 9.17) is 5.73 Å². The molecule has 1 aliphatic rings. The Balaban J connectivity index is 0.000000168. The van der Waals surface area contributed by atoms with E-state index in [2.05, 4.69) is 74.6 Å². The zero-order valence-corrected chi connectivity index (χ0v) is 17.8. The molecule has 2 N–H and O–H groups in total. The predicted octanol–water partition coefficient (Wildman–Crippen LogP) is 4.18. The molecule has 0 spiro atoms. The molecule has 0 saturated carbocycles. The summed E-state index contributed by atoms with van der Waals surface area (Å²) in [5, 5.41) is 1.45. The van der Waals surface area contributed by atoms with Crippen molar-refractivity contribution < 1.29 is 24.7 Å². The molecule has 3 rings (SSSR count). The van der Waals surface area contributed by atoms with E-state index in [1.54, 1.807) is 30.3 Å². The van der Waals surface area contributed by atoms with Crippen molar-refractivity contribution in [1.29, 1.82) is 0 Å². The average molecular weight is 400 g/mol. The minimum atomic E-state index is -1.28. The first kappa shape index (κ1) is 18.6.